The zero-order valence-electron chi connectivity index (χ0n) is 14.3. The molecule has 0 atom stereocenters. The van der Waals surface area contributed by atoms with Crippen molar-refractivity contribution in [3.63, 3.8) is 0 Å². The maximum atomic E-state index is 10.3. The first-order valence-corrected chi connectivity index (χ1v) is 8.94. The minimum absolute atomic E-state index is 0.267. The molecule has 0 rings (SSSR count). The number of hydrogen-bond donors (Lipinski definition) is 1. The summed E-state index contributed by atoms with van der Waals surface area (Å²) in [5.74, 6) is -0.707. The fraction of sp³-hybridized carbons (Fsp3) is 0.650. The Kier molecular flexibility index (Phi) is 16.7. The van der Waals surface area contributed by atoms with Crippen molar-refractivity contribution >= 4 is 5.97 Å². The summed E-state index contributed by atoms with van der Waals surface area (Å²) in [6, 6.07) is 0. The van der Waals surface area contributed by atoms with E-state index in [1.54, 1.807) is 0 Å². The van der Waals surface area contributed by atoms with Crippen molar-refractivity contribution in [1.82, 2.24) is 0 Å². The van der Waals surface area contributed by atoms with E-state index < -0.39 is 5.97 Å². The van der Waals surface area contributed by atoms with Crippen LogP contribution in [0.2, 0.25) is 0 Å². The third kappa shape index (κ3) is 18.7. The Morgan fingerprint density at radius 2 is 1.23 bits per heavy atom. The molecule has 0 saturated carbocycles. The van der Waals surface area contributed by atoms with Crippen LogP contribution in [0.25, 0.3) is 0 Å². The summed E-state index contributed by atoms with van der Waals surface area (Å²) < 4.78 is 0. The van der Waals surface area contributed by atoms with Gasteiger partial charge in [0.15, 0.2) is 0 Å². The number of carboxylic acids is 1. The topological polar surface area (TPSA) is 37.3 Å². The smallest absolute Gasteiger partial charge is 0.303 e. The van der Waals surface area contributed by atoms with Gasteiger partial charge in [0.2, 0.25) is 0 Å². The van der Waals surface area contributed by atoms with Crippen molar-refractivity contribution in [3.05, 3.63) is 36.5 Å². The van der Waals surface area contributed by atoms with Crippen LogP contribution in [0.4, 0.5) is 0 Å². The minimum atomic E-state index is -0.707. The van der Waals surface area contributed by atoms with Gasteiger partial charge in [0.1, 0.15) is 0 Å². The van der Waals surface area contributed by atoms with Crippen molar-refractivity contribution in [1.29, 1.82) is 0 Å². The molecule has 2 heteroatoms. The SMILES string of the molecule is CCCCCCCC/C=C/C/C=C/C/C=C\CCCC(=O)O. The molecule has 0 bridgehead atoms. The Balaban J connectivity index is 3.30. The fourth-order valence-electron chi connectivity index (χ4n) is 2.19. The van der Waals surface area contributed by atoms with Crippen LogP contribution in [0.15, 0.2) is 36.5 Å². The summed E-state index contributed by atoms with van der Waals surface area (Å²) >= 11 is 0. The zero-order chi connectivity index (χ0) is 16.3. The number of carbonyl (C=O) groups is 1. The largest absolute Gasteiger partial charge is 0.481 e. The van der Waals surface area contributed by atoms with Gasteiger partial charge in [0, 0.05) is 6.42 Å². The molecule has 0 amide bonds. The second-order valence-corrected chi connectivity index (χ2v) is 5.73. The predicted molar refractivity (Wildman–Crippen MR) is 96.1 cm³/mol. The van der Waals surface area contributed by atoms with E-state index in [-0.39, 0.29) is 6.42 Å². The van der Waals surface area contributed by atoms with Gasteiger partial charge < -0.3 is 5.11 Å². The Labute approximate surface area is 137 Å². The summed E-state index contributed by atoms with van der Waals surface area (Å²) in [7, 11) is 0. The second-order valence-electron chi connectivity index (χ2n) is 5.73. The standard InChI is InChI=1S/C20H34O2/c1-2-3-4-5-6-7-8-9-10-11-12-13-14-15-16-17-18-19-20(21)22/h9-10,12-13,15-16H,2-8,11,14,17-19H2,1H3,(H,21,22)/b10-9+,13-12+,16-15-. The van der Waals surface area contributed by atoms with Crippen LogP contribution < -0.4 is 0 Å². The quantitative estimate of drug-likeness (QED) is 0.279. The van der Waals surface area contributed by atoms with Crippen LogP contribution in [0.5, 0.6) is 0 Å². The first kappa shape index (κ1) is 20.7. The highest BCUT2D eigenvalue weighted by Gasteiger charge is 1.92. The molecule has 0 aromatic rings. The van der Waals surface area contributed by atoms with Crippen molar-refractivity contribution in [2.45, 2.75) is 84.0 Å². The molecule has 0 aliphatic carbocycles. The summed E-state index contributed by atoms with van der Waals surface area (Å²) in [5.41, 5.74) is 0. The summed E-state index contributed by atoms with van der Waals surface area (Å²) in [6.07, 6.45) is 26.3. The molecule has 0 heterocycles. The Hall–Kier alpha value is -1.31. The fourth-order valence-corrected chi connectivity index (χ4v) is 2.19. The molecule has 1 N–H and O–H groups in total. The molecule has 0 aromatic carbocycles. The lowest BCUT2D eigenvalue weighted by molar-refractivity contribution is -0.137. The van der Waals surface area contributed by atoms with Crippen molar-refractivity contribution in [2.24, 2.45) is 0 Å². The highest BCUT2D eigenvalue weighted by atomic mass is 16.4. The third-order valence-corrected chi connectivity index (χ3v) is 3.53. The normalized spacial score (nSPS) is 12.0. The van der Waals surface area contributed by atoms with Gasteiger partial charge in [0.05, 0.1) is 0 Å². The molecule has 22 heavy (non-hydrogen) atoms. The molecule has 0 spiro atoms. The van der Waals surface area contributed by atoms with Crippen molar-refractivity contribution in [2.75, 3.05) is 0 Å². The third-order valence-electron chi connectivity index (χ3n) is 3.53. The lowest BCUT2D eigenvalue weighted by Crippen LogP contribution is -1.92. The summed E-state index contributed by atoms with van der Waals surface area (Å²) in [4.78, 5) is 10.3. The van der Waals surface area contributed by atoms with Gasteiger partial charge in [-0.05, 0) is 38.5 Å². The number of aliphatic carboxylic acids is 1. The van der Waals surface area contributed by atoms with Gasteiger partial charge in [-0.2, -0.15) is 0 Å². The molecular formula is C20H34O2. The molecule has 0 unspecified atom stereocenters. The summed E-state index contributed by atoms with van der Waals surface area (Å²) in [6.45, 7) is 2.26. The zero-order valence-corrected chi connectivity index (χ0v) is 14.3. The Bertz CT molecular complexity index is 327. The predicted octanol–water partition coefficient (Wildman–Crippen LogP) is 6.44. The number of hydrogen-bond acceptors (Lipinski definition) is 1. The number of carboxylic acid groups (broad SMARTS) is 1. The van der Waals surface area contributed by atoms with Gasteiger partial charge in [-0.25, -0.2) is 0 Å². The molecule has 0 aliphatic rings. The van der Waals surface area contributed by atoms with Crippen LogP contribution >= 0.6 is 0 Å². The van der Waals surface area contributed by atoms with Crippen LogP contribution in [0, 0.1) is 0 Å². The summed E-state index contributed by atoms with van der Waals surface area (Å²) in [5, 5.41) is 8.50. The van der Waals surface area contributed by atoms with E-state index in [2.05, 4.69) is 43.4 Å². The van der Waals surface area contributed by atoms with Crippen LogP contribution in [0.3, 0.4) is 0 Å². The van der Waals surface area contributed by atoms with Gasteiger partial charge in [-0.15, -0.1) is 0 Å². The van der Waals surface area contributed by atoms with E-state index >= 15 is 0 Å². The van der Waals surface area contributed by atoms with E-state index in [9.17, 15) is 4.79 Å². The van der Waals surface area contributed by atoms with Gasteiger partial charge in [0.25, 0.3) is 0 Å². The van der Waals surface area contributed by atoms with E-state index in [0.717, 1.165) is 25.7 Å². The van der Waals surface area contributed by atoms with Crippen molar-refractivity contribution < 1.29 is 9.90 Å². The number of unbranched alkanes of at least 4 members (excludes halogenated alkanes) is 7. The maximum Gasteiger partial charge on any atom is 0.303 e. The molecule has 0 saturated heterocycles. The van der Waals surface area contributed by atoms with Gasteiger partial charge in [-0.3, -0.25) is 4.79 Å². The van der Waals surface area contributed by atoms with Gasteiger partial charge >= 0.3 is 5.97 Å². The molecule has 0 aliphatic heterocycles. The first-order chi connectivity index (χ1) is 10.8. The van der Waals surface area contributed by atoms with E-state index in [4.69, 9.17) is 5.11 Å². The molecule has 2 nitrogen and oxygen atoms in total. The van der Waals surface area contributed by atoms with Gasteiger partial charge in [-0.1, -0.05) is 75.5 Å². The minimum Gasteiger partial charge on any atom is -0.481 e. The van der Waals surface area contributed by atoms with Crippen LogP contribution in [-0.2, 0) is 4.79 Å². The maximum absolute atomic E-state index is 10.3. The molecule has 126 valence electrons. The average Bonchev–Trinajstić information content (AvgIpc) is 2.50. The lowest BCUT2D eigenvalue weighted by atomic mass is 10.1. The highest BCUT2D eigenvalue weighted by molar-refractivity contribution is 5.66. The first-order valence-electron chi connectivity index (χ1n) is 8.94. The Morgan fingerprint density at radius 3 is 1.82 bits per heavy atom. The van der Waals surface area contributed by atoms with E-state index in [1.165, 1.54) is 44.9 Å². The molecule has 0 fully saturated rings. The Morgan fingerprint density at radius 1 is 0.727 bits per heavy atom. The lowest BCUT2D eigenvalue weighted by Gasteiger charge is -1.97. The molecule has 0 aromatic heterocycles. The van der Waals surface area contributed by atoms with Crippen LogP contribution in [0.1, 0.15) is 84.0 Å². The van der Waals surface area contributed by atoms with Crippen LogP contribution in [-0.4, -0.2) is 11.1 Å². The monoisotopic (exact) mass is 306 g/mol. The van der Waals surface area contributed by atoms with Crippen molar-refractivity contribution in [3.8, 4) is 0 Å². The highest BCUT2D eigenvalue weighted by Crippen LogP contribution is 2.07. The molecular weight excluding hydrogens is 272 g/mol. The average molecular weight is 306 g/mol. The molecule has 0 radical (unpaired) electrons. The van der Waals surface area contributed by atoms with E-state index in [0.29, 0.717) is 0 Å². The van der Waals surface area contributed by atoms with E-state index in [1.807, 2.05) is 0 Å². The number of allylic oxidation sites excluding steroid dienone is 6. The second kappa shape index (κ2) is 17.7. The number of rotatable bonds is 15.